The molecule has 0 spiro atoms. The van der Waals surface area contributed by atoms with E-state index in [0.717, 1.165) is 23.2 Å². The highest BCUT2D eigenvalue weighted by molar-refractivity contribution is 6.30. The van der Waals surface area contributed by atoms with Gasteiger partial charge in [0.1, 0.15) is 0 Å². The molecule has 1 aromatic rings. The van der Waals surface area contributed by atoms with Crippen LogP contribution in [-0.4, -0.2) is 6.54 Å². The lowest BCUT2D eigenvalue weighted by Crippen LogP contribution is -2.05. The maximum atomic E-state index is 5.81. The molecule has 1 unspecified atom stereocenters. The van der Waals surface area contributed by atoms with Crippen LogP contribution in [0.25, 0.3) is 0 Å². The van der Waals surface area contributed by atoms with Gasteiger partial charge in [0.2, 0.25) is 0 Å². The van der Waals surface area contributed by atoms with Gasteiger partial charge < -0.3 is 5.32 Å². The Bertz CT molecular complexity index is 329. The van der Waals surface area contributed by atoms with Crippen molar-refractivity contribution >= 4 is 17.3 Å². The van der Waals surface area contributed by atoms with E-state index in [2.05, 4.69) is 17.5 Å². The molecule has 0 saturated heterocycles. The second kappa shape index (κ2) is 5.22. The second-order valence-corrected chi connectivity index (χ2v) is 4.42. The van der Waals surface area contributed by atoms with Gasteiger partial charge in [0.15, 0.2) is 0 Å². The SMILES string of the molecule is Clc1ccc(NCCC2C=CCC2)cc1. The minimum Gasteiger partial charge on any atom is -0.385 e. The Morgan fingerprint density at radius 1 is 1.27 bits per heavy atom. The van der Waals surface area contributed by atoms with E-state index in [1.54, 1.807) is 0 Å². The van der Waals surface area contributed by atoms with E-state index >= 15 is 0 Å². The molecule has 1 aromatic carbocycles. The Hall–Kier alpha value is -0.950. The number of nitrogens with one attached hydrogen (secondary N) is 1. The summed E-state index contributed by atoms with van der Waals surface area (Å²) in [5.41, 5.74) is 1.15. The van der Waals surface area contributed by atoms with Gasteiger partial charge in [0.25, 0.3) is 0 Å². The standard InChI is InChI=1S/C13H16ClN/c14-12-5-7-13(8-6-12)15-10-9-11-3-1-2-4-11/h1,3,5-8,11,15H,2,4,9-10H2. The average Bonchev–Trinajstić information content (AvgIpc) is 2.74. The maximum absolute atomic E-state index is 5.81. The number of rotatable bonds is 4. The van der Waals surface area contributed by atoms with Crippen molar-refractivity contribution in [1.29, 1.82) is 0 Å². The molecule has 0 fully saturated rings. The van der Waals surface area contributed by atoms with E-state index in [1.807, 2.05) is 24.3 Å². The van der Waals surface area contributed by atoms with Gasteiger partial charge in [-0.2, -0.15) is 0 Å². The van der Waals surface area contributed by atoms with Crippen LogP contribution in [0.15, 0.2) is 36.4 Å². The summed E-state index contributed by atoms with van der Waals surface area (Å²) < 4.78 is 0. The Morgan fingerprint density at radius 3 is 2.73 bits per heavy atom. The van der Waals surface area contributed by atoms with Gasteiger partial charge in [0, 0.05) is 17.3 Å². The van der Waals surface area contributed by atoms with Crippen molar-refractivity contribution in [2.45, 2.75) is 19.3 Å². The van der Waals surface area contributed by atoms with Crippen molar-refractivity contribution in [3.63, 3.8) is 0 Å². The van der Waals surface area contributed by atoms with Gasteiger partial charge in [-0.1, -0.05) is 23.8 Å². The molecule has 1 aliphatic rings. The normalized spacial score (nSPS) is 19.4. The quantitative estimate of drug-likeness (QED) is 0.755. The van der Waals surface area contributed by atoms with Crippen molar-refractivity contribution in [3.05, 3.63) is 41.4 Å². The third-order valence-electron chi connectivity index (χ3n) is 2.80. The van der Waals surface area contributed by atoms with Crippen LogP contribution in [0.5, 0.6) is 0 Å². The molecule has 0 heterocycles. The summed E-state index contributed by atoms with van der Waals surface area (Å²) in [6, 6.07) is 7.87. The van der Waals surface area contributed by atoms with Crippen molar-refractivity contribution in [3.8, 4) is 0 Å². The highest BCUT2D eigenvalue weighted by atomic mass is 35.5. The lowest BCUT2D eigenvalue weighted by atomic mass is 10.1. The van der Waals surface area contributed by atoms with Gasteiger partial charge in [0.05, 0.1) is 0 Å². The van der Waals surface area contributed by atoms with Crippen LogP contribution in [0, 0.1) is 5.92 Å². The third-order valence-corrected chi connectivity index (χ3v) is 3.05. The molecule has 80 valence electrons. The van der Waals surface area contributed by atoms with E-state index in [-0.39, 0.29) is 0 Å². The first-order valence-electron chi connectivity index (χ1n) is 5.51. The molecule has 0 radical (unpaired) electrons. The van der Waals surface area contributed by atoms with Crippen molar-refractivity contribution in [2.75, 3.05) is 11.9 Å². The van der Waals surface area contributed by atoms with Crippen LogP contribution in [-0.2, 0) is 0 Å². The molecule has 0 aliphatic heterocycles. The summed E-state index contributed by atoms with van der Waals surface area (Å²) in [6.07, 6.45) is 8.42. The van der Waals surface area contributed by atoms with Gasteiger partial charge in [-0.15, -0.1) is 0 Å². The topological polar surface area (TPSA) is 12.0 Å². The highest BCUT2D eigenvalue weighted by Gasteiger charge is 2.07. The van der Waals surface area contributed by atoms with E-state index in [0.29, 0.717) is 0 Å². The van der Waals surface area contributed by atoms with Crippen molar-refractivity contribution < 1.29 is 0 Å². The molecule has 2 rings (SSSR count). The zero-order valence-corrected chi connectivity index (χ0v) is 9.50. The van der Waals surface area contributed by atoms with Crippen LogP contribution in [0.1, 0.15) is 19.3 Å². The molecule has 0 aromatic heterocycles. The fraction of sp³-hybridized carbons (Fsp3) is 0.385. The molecule has 1 N–H and O–H groups in total. The largest absolute Gasteiger partial charge is 0.385 e. The summed E-state index contributed by atoms with van der Waals surface area (Å²) in [7, 11) is 0. The van der Waals surface area contributed by atoms with Gasteiger partial charge >= 0.3 is 0 Å². The number of benzene rings is 1. The molecule has 1 atom stereocenters. The Kier molecular flexibility index (Phi) is 3.68. The first kappa shape index (κ1) is 10.6. The summed E-state index contributed by atoms with van der Waals surface area (Å²) in [5.74, 6) is 0.782. The molecule has 0 bridgehead atoms. The van der Waals surface area contributed by atoms with Crippen LogP contribution in [0.3, 0.4) is 0 Å². The van der Waals surface area contributed by atoms with Gasteiger partial charge in [-0.05, 0) is 49.4 Å². The Morgan fingerprint density at radius 2 is 2.07 bits per heavy atom. The van der Waals surface area contributed by atoms with E-state index in [4.69, 9.17) is 11.6 Å². The maximum Gasteiger partial charge on any atom is 0.0407 e. The first-order valence-corrected chi connectivity index (χ1v) is 5.88. The monoisotopic (exact) mass is 221 g/mol. The Balaban J connectivity index is 1.73. The predicted octanol–water partition coefficient (Wildman–Crippen LogP) is 4.11. The predicted molar refractivity (Wildman–Crippen MR) is 66.4 cm³/mol. The van der Waals surface area contributed by atoms with E-state index in [9.17, 15) is 0 Å². The highest BCUT2D eigenvalue weighted by Crippen LogP contribution is 2.20. The second-order valence-electron chi connectivity index (χ2n) is 3.99. The van der Waals surface area contributed by atoms with E-state index in [1.165, 1.54) is 19.3 Å². The molecule has 0 saturated carbocycles. The first-order chi connectivity index (χ1) is 7.34. The lowest BCUT2D eigenvalue weighted by molar-refractivity contribution is 0.596. The lowest BCUT2D eigenvalue weighted by Gasteiger charge is -2.09. The molecule has 1 aliphatic carbocycles. The van der Waals surface area contributed by atoms with Gasteiger partial charge in [-0.3, -0.25) is 0 Å². The Labute approximate surface area is 96.1 Å². The fourth-order valence-corrected chi connectivity index (χ4v) is 2.03. The summed E-state index contributed by atoms with van der Waals surface area (Å²) in [4.78, 5) is 0. The number of hydrogen-bond donors (Lipinski definition) is 1. The summed E-state index contributed by atoms with van der Waals surface area (Å²) in [6.45, 7) is 1.04. The summed E-state index contributed by atoms with van der Waals surface area (Å²) >= 11 is 5.81. The molecule has 1 nitrogen and oxygen atoms in total. The van der Waals surface area contributed by atoms with Crippen molar-refractivity contribution in [2.24, 2.45) is 5.92 Å². The number of halogens is 1. The van der Waals surface area contributed by atoms with Crippen LogP contribution in [0.2, 0.25) is 5.02 Å². The minimum atomic E-state index is 0.782. The van der Waals surface area contributed by atoms with E-state index < -0.39 is 0 Å². The molecule has 15 heavy (non-hydrogen) atoms. The zero-order chi connectivity index (χ0) is 10.5. The smallest absolute Gasteiger partial charge is 0.0407 e. The summed E-state index contributed by atoms with van der Waals surface area (Å²) in [5, 5.41) is 4.20. The van der Waals surface area contributed by atoms with Gasteiger partial charge in [-0.25, -0.2) is 0 Å². The number of allylic oxidation sites excluding steroid dienone is 2. The number of anilines is 1. The minimum absolute atomic E-state index is 0.782. The molecular weight excluding hydrogens is 206 g/mol. The van der Waals surface area contributed by atoms with Crippen molar-refractivity contribution in [1.82, 2.24) is 0 Å². The zero-order valence-electron chi connectivity index (χ0n) is 8.75. The fourth-order valence-electron chi connectivity index (χ4n) is 1.91. The van der Waals surface area contributed by atoms with Crippen LogP contribution < -0.4 is 5.32 Å². The van der Waals surface area contributed by atoms with Crippen LogP contribution in [0.4, 0.5) is 5.69 Å². The third kappa shape index (κ3) is 3.28. The molecule has 2 heteroatoms. The average molecular weight is 222 g/mol. The van der Waals surface area contributed by atoms with Crippen LogP contribution >= 0.6 is 11.6 Å². The number of hydrogen-bond acceptors (Lipinski definition) is 1. The molecular formula is C13H16ClN. The molecule has 0 amide bonds.